The molecular formula is C15H13F3N2O. The van der Waals surface area contributed by atoms with E-state index in [4.69, 9.17) is 0 Å². The topological polar surface area (TPSA) is 42.0 Å². The summed E-state index contributed by atoms with van der Waals surface area (Å²) in [4.78, 5) is 15.6. The maximum atomic E-state index is 12.5. The number of carbonyl (C=O) groups is 1. The summed E-state index contributed by atoms with van der Waals surface area (Å²) in [7, 11) is 0. The van der Waals surface area contributed by atoms with Gasteiger partial charge in [0.2, 0.25) is 0 Å². The fraction of sp³-hybridized carbons (Fsp3) is 0.200. The second-order valence-electron chi connectivity index (χ2n) is 4.60. The van der Waals surface area contributed by atoms with Gasteiger partial charge in [0.15, 0.2) is 0 Å². The van der Waals surface area contributed by atoms with Crippen LogP contribution in [-0.4, -0.2) is 10.9 Å². The van der Waals surface area contributed by atoms with E-state index in [2.05, 4.69) is 10.3 Å². The van der Waals surface area contributed by atoms with Crippen LogP contribution in [0.4, 0.5) is 18.9 Å². The molecule has 2 aromatic rings. The van der Waals surface area contributed by atoms with Gasteiger partial charge in [-0.15, -0.1) is 0 Å². The van der Waals surface area contributed by atoms with E-state index in [0.29, 0.717) is 5.69 Å². The van der Waals surface area contributed by atoms with Crippen molar-refractivity contribution in [1.82, 2.24) is 4.98 Å². The summed E-state index contributed by atoms with van der Waals surface area (Å²) >= 11 is 0. The van der Waals surface area contributed by atoms with Crippen LogP contribution in [0.2, 0.25) is 0 Å². The number of pyridine rings is 1. The van der Waals surface area contributed by atoms with E-state index in [1.807, 2.05) is 19.1 Å². The van der Waals surface area contributed by atoms with Crippen LogP contribution >= 0.6 is 0 Å². The SMILES string of the molecule is Cc1ccccc1NC(=O)c1ccc(C(F)(F)F)nc1C. The lowest BCUT2D eigenvalue weighted by atomic mass is 10.1. The van der Waals surface area contributed by atoms with E-state index in [1.165, 1.54) is 6.92 Å². The quantitative estimate of drug-likeness (QED) is 0.910. The van der Waals surface area contributed by atoms with Crippen molar-refractivity contribution in [2.45, 2.75) is 20.0 Å². The number of hydrogen-bond acceptors (Lipinski definition) is 2. The summed E-state index contributed by atoms with van der Waals surface area (Å²) in [5, 5.41) is 2.67. The molecule has 0 bridgehead atoms. The van der Waals surface area contributed by atoms with Gasteiger partial charge in [-0.2, -0.15) is 13.2 Å². The number of nitrogens with zero attached hydrogens (tertiary/aromatic N) is 1. The predicted molar refractivity (Wildman–Crippen MR) is 73.1 cm³/mol. The number of aromatic nitrogens is 1. The Morgan fingerprint density at radius 3 is 2.33 bits per heavy atom. The number of rotatable bonds is 2. The Hall–Kier alpha value is -2.37. The van der Waals surface area contributed by atoms with Gasteiger partial charge in [-0.05, 0) is 37.6 Å². The van der Waals surface area contributed by atoms with E-state index in [-0.39, 0.29) is 11.3 Å². The Bertz CT molecular complexity index is 681. The predicted octanol–water partition coefficient (Wildman–Crippen LogP) is 3.97. The van der Waals surface area contributed by atoms with Crippen LogP contribution in [0.3, 0.4) is 0 Å². The molecule has 0 aliphatic rings. The standard InChI is InChI=1S/C15H13F3N2O/c1-9-5-3-4-6-12(9)20-14(21)11-7-8-13(15(16,17)18)19-10(11)2/h3-8H,1-2H3,(H,20,21). The van der Waals surface area contributed by atoms with Gasteiger partial charge in [0.1, 0.15) is 5.69 Å². The Balaban J connectivity index is 2.26. The lowest BCUT2D eigenvalue weighted by Crippen LogP contribution is -2.17. The minimum Gasteiger partial charge on any atom is -0.322 e. The maximum absolute atomic E-state index is 12.5. The summed E-state index contributed by atoms with van der Waals surface area (Å²) in [6.45, 7) is 3.20. The molecule has 0 saturated carbocycles. The van der Waals surface area contributed by atoms with Crippen LogP contribution in [0.5, 0.6) is 0 Å². The van der Waals surface area contributed by atoms with Crippen LogP contribution in [0.1, 0.15) is 27.3 Å². The zero-order chi connectivity index (χ0) is 15.6. The van der Waals surface area contributed by atoms with E-state index >= 15 is 0 Å². The average Bonchev–Trinajstić information content (AvgIpc) is 2.40. The maximum Gasteiger partial charge on any atom is 0.433 e. The first kappa shape index (κ1) is 15.0. The molecule has 1 amide bonds. The van der Waals surface area contributed by atoms with Crippen molar-refractivity contribution < 1.29 is 18.0 Å². The Morgan fingerprint density at radius 1 is 1.10 bits per heavy atom. The van der Waals surface area contributed by atoms with E-state index in [0.717, 1.165) is 17.7 Å². The molecule has 1 heterocycles. The summed E-state index contributed by atoms with van der Waals surface area (Å²) in [5.74, 6) is -0.483. The zero-order valence-corrected chi connectivity index (χ0v) is 11.5. The molecular weight excluding hydrogens is 281 g/mol. The van der Waals surface area contributed by atoms with E-state index in [1.54, 1.807) is 12.1 Å². The number of halogens is 3. The van der Waals surface area contributed by atoms with Crippen LogP contribution in [0.15, 0.2) is 36.4 Å². The summed E-state index contributed by atoms with van der Waals surface area (Å²) in [6.07, 6.45) is -4.52. The number of para-hydroxylation sites is 1. The molecule has 110 valence electrons. The number of alkyl halides is 3. The second kappa shape index (κ2) is 5.55. The molecule has 1 N–H and O–H groups in total. The van der Waals surface area contributed by atoms with Crippen LogP contribution in [0, 0.1) is 13.8 Å². The fourth-order valence-corrected chi connectivity index (χ4v) is 1.86. The lowest BCUT2D eigenvalue weighted by Gasteiger charge is -2.11. The molecule has 3 nitrogen and oxygen atoms in total. The van der Waals surface area contributed by atoms with Gasteiger partial charge >= 0.3 is 6.18 Å². The molecule has 1 aromatic heterocycles. The fourth-order valence-electron chi connectivity index (χ4n) is 1.86. The number of nitrogens with one attached hydrogen (secondary N) is 1. The van der Waals surface area contributed by atoms with Gasteiger partial charge in [-0.1, -0.05) is 18.2 Å². The molecule has 0 unspecified atom stereocenters. The molecule has 0 aliphatic heterocycles. The molecule has 0 saturated heterocycles. The third-order valence-corrected chi connectivity index (χ3v) is 3.01. The highest BCUT2D eigenvalue weighted by molar-refractivity contribution is 6.05. The first-order chi connectivity index (χ1) is 9.79. The van der Waals surface area contributed by atoms with Gasteiger partial charge in [0.25, 0.3) is 5.91 Å². The van der Waals surface area contributed by atoms with Crippen LogP contribution in [-0.2, 0) is 6.18 Å². The first-order valence-electron chi connectivity index (χ1n) is 6.21. The number of carbonyl (C=O) groups excluding carboxylic acids is 1. The minimum absolute atomic E-state index is 0.0379. The lowest BCUT2D eigenvalue weighted by molar-refractivity contribution is -0.141. The smallest absolute Gasteiger partial charge is 0.322 e. The van der Waals surface area contributed by atoms with Crippen molar-refractivity contribution in [3.8, 4) is 0 Å². The van der Waals surface area contributed by atoms with Gasteiger partial charge in [0, 0.05) is 5.69 Å². The molecule has 2 rings (SSSR count). The third-order valence-electron chi connectivity index (χ3n) is 3.01. The second-order valence-corrected chi connectivity index (χ2v) is 4.60. The van der Waals surface area contributed by atoms with Gasteiger partial charge in [-0.3, -0.25) is 4.79 Å². The van der Waals surface area contributed by atoms with E-state index in [9.17, 15) is 18.0 Å². The van der Waals surface area contributed by atoms with Crippen molar-refractivity contribution in [1.29, 1.82) is 0 Å². The molecule has 1 aromatic carbocycles. The number of aryl methyl sites for hydroxylation is 2. The molecule has 0 fully saturated rings. The van der Waals surface area contributed by atoms with Gasteiger partial charge in [-0.25, -0.2) is 4.98 Å². The van der Waals surface area contributed by atoms with Crippen molar-refractivity contribution in [2.75, 3.05) is 5.32 Å². The largest absolute Gasteiger partial charge is 0.433 e. The third kappa shape index (κ3) is 3.39. The molecule has 0 spiro atoms. The minimum atomic E-state index is -4.52. The van der Waals surface area contributed by atoms with E-state index < -0.39 is 17.8 Å². The molecule has 0 aliphatic carbocycles. The summed E-state index contributed by atoms with van der Waals surface area (Å²) in [5.41, 5.74) is 0.625. The van der Waals surface area contributed by atoms with Crippen LogP contribution in [0.25, 0.3) is 0 Å². The molecule has 21 heavy (non-hydrogen) atoms. The number of anilines is 1. The van der Waals surface area contributed by atoms with Gasteiger partial charge < -0.3 is 5.32 Å². The summed E-state index contributed by atoms with van der Waals surface area (Å²) < 4.78 is 37.6. The number of hydrogen-bond donors (Lipinski definition) is 1. The van der Waals surface area contributed by atoms with Crippen molar-refractivity contribution >= 4 is 11.6 Å². The molecule has 0 radical (unpaired) electrons. The van der Waals surface area contributed by atoms with Crippen molar-refractivity contribution in [3.05, 3.63) is 58.9 Å². The normalized spacial score (nSPS) is 11.3. The highest BCUT2D eigenvalue weighted by Gasteiger charge is 2.33. The number of benzene rings is 1. The van der Waals surface area contributed by atoms with Crippen molar-refractivity contribution in [2.24, 2.45) is 0 Å². The highest BCUT2D eigenvalue weighted by Crippen LogP contribution is 2.28. The van der Waals surface area contributed by atoms with Gasteiger partial charge in [0.05, 0.1) is 11.3 Å². The first-order valence-corrected chi connectivity index (χ1v) is 6.21. The van der Waals surface area contributed by atoms with Crippen LogP contribution < -0.4 is 5.32 Å². The zero-order valence-electron chi connectivity index (χ0n) is 11.5. The Morgan fingerprint density at radius 2 is 1.76 bits per heavy atom. The van der Waals surface area contributed by atoms with Crippen molar-refractivity contribution in [3.63, 3.8) is 0 Å². The monoisotopic (exact) mass is 294 g/mol. The molecule has 0 atom stereocenters. The highest BCUT2D eigenvalue weighted by atomic mass is 19.4. The average molecular weight is 294 g/mol. The number of amides is 1. The summed E-state index contributed by atoms with van der Waals surface area (Å²) in [6, 6.07) is 9.09. The Kier molecular flexibility index (Phi) is 3.97. The Labute approximate surface area is 119 Å². The molecule has 6 heteroatoms.